The van der Waals surface area contributed by atoms with Crippen molar-refractivity contribution in [3.05, 3.63) is 63.1 Å². The molecular formula is C20H23N5OS. The molecule has 1 aromatic carbocycles. The fourth-order valence-corrected chi connectivity index (χ4v) is 4.54. The molecule has 4 rings (SSSR count). The molecule has 27 heavy (non-hydrogen) atoms. The SMILES string of the molecule is C[C@H]1CCc2sc(C(=O)NCc3cccc(-n4cc(CN)nn4)c3)cc2C1. The lowest BCUT2D eigenvalue weighted by Gasteiger charge is -2.16. The first-order chi connectivity index (χ1) is 13.1. The quantitative estimate of drug-likeness (QED) is 0.712. The minimum atomic E-state index is -0.00127. The first kappa shape index (κ1) is 17.9. The van der Waals surface area contributed by atoms with E-state index >= 15 is 0 Å². The fourth-order valence-electron chi connectivity index (χ4n) is 3.41. The van der Waals surface area contributed by atoms with Crippen molar-refractivity contribution in [2.45, 2.75) is 39.3 Å². The molecule has 1 aliphatic rings. The van der Waals surface area contributed by atoms with Crippen LogP contribution < -0.4 is 11.1 Å². The molecule has 6 nitrogen and oxygen atoms in total. The lowest BCUT2D eigenvalue weighted by Crippen LogP contribution is -2.21. The molecule has 0 saturated carbocycles. The number of carbonyl (C=O) groups excluding carboxylic acids is 1. The highest BCUT2D eigenvalue weighted by molar-refractivity contribution is 7.14. The van der Waals surface area contributed by atoms with E-state index in [1.807, 2.05) is 30.5 Å². The summed E-state index contributed by atoms with van der Waals surface area (Å²) in [5.74, 6) is 0.709. The van der Waals surface area contributed by atoms with Crippen molar-refractivity contribution in [1.82, 2.24) is 20.3 Å². The molecule has 3 aromatic rings. The van der Waals surface area contributed by atoms with Gasteiger partial charge in [-0.15, -0.1) is 16.4 Å². The largest absolute Gasteiger partial charge is 0.347 e. The van der Waals surface area contributed by atoms with Gasteiger partial charge in [-0.2, -0.15) is 0 Å². The van der Waals surface area contributed by atoms with Crippen LogP contribution in [0.3, 0.4) is 0 Å². The first-order valence-corrected chi connectivity index (χ1v) is 10.0. The third-order valence-electron chi connectivity index (χ3n) is 4.93. The first-order valence-electron chi connectivity index (χ1n) is 9.23. The molecule has 1 amide bonds. The van der Waals surface area contributed by atoms with Gasteiger partial charge in [-0.05, 0) is 54.5 Å². The molecule has 2 aromatic heterocycles. The Balaban J connectivity index is 1.43. The minimum Gasteiger partial charge on any atom is -0.347 e. The van der Waals surface area contributed by atoms with Gasteiger partial charge < -0.3 is 11.1 Å². The third-order valence-corrected chi connectivity index (χ3v) is 6.17. The molecule has 0 fully saturated rings. The number of hydrogen-bond acceptors (Lipinski definition) is 5. The summed E-state index contributed by atoms with van der Waals surface area (Å²) >= 11 is 1.64. The second-order valence-electron chi connectivity index (χ2n) is 7.12. The van der Waals surface area contributed by atoms with Crippen LogP contribution in [0.2, 0.25) is 0 Å². The summed E-state index contributed by atoms with van der Waals surface area (Å²) in [7, 11) is 0. The molecule has 0 bridgehead atoms. The number of benzene rings is 1. The van der Waals surface area contributed by atoms with Gasteiger partial charge in [0, 0.05) is 18.0 Å². The van der Waals surface area contributed by atoms with Crippen molar-refractivity contribution < 1.29 is 4.79 Å². The number of amides is 1. The Labute approximate surface area is 162 Å². The summed E-state index contributed by atoms with van der Waals surface area (Å²) in [6, 6.07) is 9.97. The van der Waals surface area contributed by atoms with Gasteiger partial charge in [-0.3, -0.25) is 4.79 Å². The molecule has 7 heteroatoms. The number of hydrogen-bond donors (Lipinski definition) is 2. The second-order valence-corrected chi connectivity index (χ2v) is 8.25. The highest BCUT2D eigenvalue weighted by Crippen LogP contribution is 2.32. The molecule has 1 aliphatic carbocycles. The van der Waals surface area contributed by atoms with Gasteiger partial charge in [0.05, 0.1) is 22.5 Å². The molecule has 2 heterocycles. The molecule has 0 radical (unpaired) electrons. The molecule has 1 atom stereocenters. The van der Waals surface area contributed by atoms with E-state index in [1.54, 1.807) is 16.0 Å². The molecule has 140 valence electrons. The van der Waals surface area contributed by atoms with Crippen LogP contribution in [-0.4, -0.2) is 20.9 Å². The van der Waals surface area contributed by atoms with Gasteiger partial charge >= 0.3 is 0 Å². The van der Waals surface area contributed by atoms with E-state index in [2.05, 4.69) is 28.6 Å². The number of rotatable bonds is 5. The van der Waals surface area contributed by atoms with Gasteiger partial charge in [0.1, 0.15) is 0 Å². The topological polar surface area (TPSA) is 85.8 Å². The maximum absolute atomic E-state index is 12.6. The summed E-state index contributed by atoms with van der Waals surface area (Å²) < 4.78 is 1.70. The van der Waals surface area contributed by atoms with Gasteiger partial charge in [0.25, 0.3) is 5.91 Å². The van der Waals surface area contributed by atoms with Crippen LogP contribution in [0, 0.1) is 5.92 Å². The van der Waals surface area contributed by atoms with Crippen LogP contribution >= 0.6 is 11.3 Å². The van der Waals surface area contributed by atoms with Crippen LogP contribution in [0.15, 0.2) is 36.5 Å². The van der Waals surface area contributed by atoms with E-state index in [1.165, 1.54) is 16.9 Å². The van der Waals surface area contributed by atoms with Gasteiger partial charge in [-0.25, -0.2) is 4.68 Å². The third kappa shape index (κ3) is 3.94. The molecule has 0 unspecified atom stereocenters. The monoisotopic (exact) mass is 381 g/mol. The lowest BCUT2D eigenvalue weighted by molar-refractivity contribution is 0.0955. The van der Waals surface area contributed by atoms with E-state index in [0.717, 1.165) is 34.7 Å². The molecule has 3 N–H and O–H groups in total. The van der Waals surface area contributed by atoms with Crippen molar-refractivity contribution in [2.75, 3.05) is 0 Å². The van der Waals surface area contributed by atoms with Crippen molar-refractivity contribution in [1.29, 1.82) is 0 Å². The Morgan fingerprint density at radius 1 is 1.41 bits per heavy atom. The Morgan fingerprint density at radius 2 is 2.30 bits per heavy atom. The molecule has 0 spiro atoms. The van der Waals surface area contributed by atoms with Crippen molar-refractivity contribution in [2.24, 2.45) is 11.7 Å². The van der Waals surface area contributed by atoms with E-state index in [4.69, 9.17) is 5.73 Å². The number of carbonyl (C=O) groups is 1. The standard InChI is InChI=1S/C20H23N5OS/c1-13-5-6-18-15(7-13)9-19(27-18)20(26)22-11-14-3-2-4-17(8-14)25-12-16(10-21)23-24-25/h2-4,8-9,12-13H,5-7,10-11,21H2,1H3,(H,22,26)/t13-/m0/s1. The summed E-state index contributed by atoms with van der Waals surface area (Å²) in [6.45, 7) is 3.11. The molecular weight excluding hydrogens is 358 g/mol. The number of nitrogens with zero attached hydrogens (tertiary/aromatic N) is 3. The Bertz CT molecular complexity index is 961. The zero-order valence-electron chi connectivity index (χ0n) is 15.3. The number of aryl methyl sites for hydroxylation is 1. The van der Waals surface area contributed by atoms with Gasteiger partial charge in [0.15, 0.2) is 0 Å². The van der Waals surface area contributed by atoms with Gasteiger partial charge in [0.2, 0.25) is 0 Å². The lowest BCUT2D eigenvalue weighted by atomic mass is 9.90. The number of nitrogens with two attached hydrogens (primary N) is 1. The van der Waals surface area contributed by atoms with E-state index in [9.17, 15) is 4.79 Å². The van der Waals surface area contributed by atoms with Crippen molar-refractivity contribution in [3.63, 3.8) is 0 Å². The van der Waals surface area contributed by atoms with E-state index in [-0.39, 0.29) is 5.91 Å². The van der Waals surface area contributed by atoms with Crippen LogP contribution in [0.1, 0.15) is 44.7 Å². The number of aromatic nitrogens is 3. The zero-order chi connectivity index (χ0) is 18.8. The number of fused-ring (bicyclic) bond motifs is 1. The average molecular weight is 382 g/mol. The minimum absolute atomic E-state index is 0.00127. The number of thiophene rings is 1. The predicted molar refractivity (Wildman–Crippen MR) is 106 cm³/mol. The van der Waals surface area contributed by atoms with E-state index in [0.29, 0.717) is 19.0 Å². The van der Waals surface area contributed by atoms with Crippen LogP contribution in [0.5, 0.6) is 0 Å². The van der Waals surface area contributed by atoms with Crippen LogP contribution in [0.4, 0.5) is 0 Å². The Morgan fingerprint density at radius 3 is 3.11 bits per heavy atom. The molecule has 0 aliphatic heterocycles. The summed E-state index contributed by atoms with van der Waals surface area (Å²) in [6.07, 6.45) is 5.22. The summed E-state index contributed by atoms with van der Waals surface area (Å²) in [5.41, 5.74) is 9.60. The summed E-state index contributed by atoms with van der Waals surface area (Å²) in [5, 5.41) is 11.1. The van der Waals surface area contributed by atoms with Gasteiger partial charge in [-0.1, -0.05) is 24.3 Å². The highest BCUT2D eigenvalue weighted by atomic mass is 32.1. The normalized spacial score (nSPS) is 16.1. The Kier molecular flexibility index (Phi) is 5.05. The predicted octanol–water partition coefficient (Wildman–Crippen LogP) is 2.84. The summed E-state index contributed by atoms with van der Waals surface area (Å²) in [4.78, 5) is 14.8. The highest BCUT2D eigenvalue weighted by Gasteiger charge is 2.20. The maximum atomic E-state index is 12.6. The number of nitrogens with one attached hydrogen (secondary N) is 1. The van der Waals surface area contributed by atoms with Crippen LogP contribution in [-0.2, 0) is 25.9 Å². The fraction of sp³-hybridized carbons (Fsp3) is 0.350. The zero-order valence-corrected chi connectivity index (χ0v) is 16.1. The Hall–Kier alpha value is -2.51. The smallest absolute Gasteiger partial charge is 0.261 e. The average Bonchev–Trinajstić information content (AvgIpc) is 3.33. The van der Waals surface area contributed by atoms with E-state index < -0.39 is 0 Å². The molecule has 0 saturated heterocycles. The van der Waals surface area contributed by atoms with Crippen molar-refractivity contribution in [3.8, 4) is 5.69 Å². The van der Waals surface area contributed by atoms with Crippen LogP contribution in [0.25, 0.3) is 5.69 Å². The maximum Gasteiger partial charge on any atom is 0.261 e. The second kappa shape index (κ2) is 7.62. The van der Waals surface area contributed by atoms with Crippen molar-refractivity contribution >= 4 is 17.2 Å².